The molecule has 0 aliphatic carbocycles. The number of carbonyl (C=O) groups is 3. The first-order valence-corrected chi connectivity index (χ1v) is 8.39. The number of Topliss-reactive ketones (excluding diaryl/α,β-unsaturated/α-hetero) is 1. The number of rotatable bonds is 6. The normalized spacial score (nSPS) is 11.8. The van der Waals surface area contributed by atoms with Gasteiger partial charge in [0.15, 0.2) is 6.10 Å². The largest absolute Gasteiger partial charge is 0.462 e. The van der Waals surface area contributed by atoms with Crippen molar-refractivity contribution >= 4 is 29.1 Å². The fourth-order valence-electron chi connectivity index (χ4n) is 2.38. The van der Waals surface area contributed by atoms with Gasteiger partial charge in [-0.25, -0.2) is 9.59 Å². The van der Waals surface area contributed by atoms with E-state index in [0.29, 0.717) is 21.7 Å². The van der Waals surface area contributed by atoms with Crippen LogP contribution >= 0.6 is 11.3 Å². The van der Waals surface area contributed by atoms with Gasteiger partial charge in [-0.05, 0) is 44.7 Å². The zero-order chi connectivity index (χ0) is 17.9. The summed E-state index contributed by atoms with van der Waals surface area (Å²) in [6.07, 6.45) is -0.966. The number of aromatic nitrogens is 1. The van der Waals surface area contributed by atoms with E-state index in [4.69, 9.17) is 9.47 Å². The van der Waals surface area contributed by atoms with E-state index in [1.165, 1.54) is 18.3 Å². The summed E-state index contributed by atoms with van der Waals surface area (Å²) in [5.74, 6) is -1.42. The summed E-state index contributed by atoms with van der Waals surface area (Å²) >= 11 is 1.24. The molecule has 0 unspecified atom stereocenters. The van der Waals surface area contributed by atoms with Crippen LogP contribution in [0.5, 0.6) is 0 Å². The molecule has 24 heavy (non-hydrogen) atoms. The van der Waals surface area contributed by atoms with Gasteiger partial charge in [-0.2, -0.15) is 0 Å². The topological polar surface area (TPSA) is 85.5 Å². The lowest BCUT2D eigenvalue weighted by atomic mass is 10.1. The van der Waals surface area contributed by atoms with Crippen molar-refractivity contribution in [2.45, 2.75) is 33.8 Å². The maximum Gasteiger partial charge on any atom is 0.349 e. The van der Waals surface area contributed by atoms with E-state index in [0.717, 1.165) is 0 Å². The molecular weight excluding hydrogens is 330 g/mol. The smallest absolute Gasteiger partial charge is 0.349 e. The molecule has 0 amide bonds. The van der Waals surface area contributed by atoms with Gasteiger partial charge in [0.2, 0.25) is 5.78 Å². The molecule has 7 heteroatoms. The lowest BCUT2D eigenvalue weighted by molar-refractivity contribution is 0.0321. The third-order valence-electron chi connectivity index (χ3n) is 3.54. The van der Waals surface area contributed by atoms with E-state index in [-0.39, 0.29) is 12.3 Å². The lowest BCUT2D eigenvalue weighted by Gasteiger charge is -2.11. The highest BCUT2D eigenvalue weighted by Crippen LogP contribution is 2.21. The predicted octanol–water partition coefficient (Wildman–Crippen LogP) is 3.30. The Morgan fingerprint density at radius 2 is 1.96 bits per heavy atom. The summed E-state index contributed by atoms with van der Waals surface area (Å²) in [5, 5.41) is 1.76. The second-order valence-electron chi connectivity index (χ2n) is 5.23. The van der Waals surface area contributed by atoms with Gasteiger partial charge in [-0.1, -0.05) is 6.07 Å². The van der Waals surface area contributed by atoms with Gasteiger partial charge in [0.05, 0.1) is 17.9 Å². The van der Waals surface area contributed by atoms with Crippen LogP contribution in [-0.4, -0.2) is 35.4 Å². The number of hydrogen-bond acceptors (Lipinski definition) is 6. The van der Waals surface area contributed by atoms with Crippen LogP contribution in [0.2, 0.25) is 0 Å². The molecular formula is C17H19NO5S. The number of esters is 2. The maximum absolute atomic E-state index is 12.6. The van der Waals surface area contributed by atoms with Gasteiger partial charge in [-0.3, -0.25) is 4.79 Å². The van der Waals surface area contributed by atoms with Gasteiger partial charge in [0.25, 0.3) is 0 Å². The van der Waals surface area contributed by atoms with Crippen molar-refractivity contribution in [3.05, 3.63) is 44.9 Å². The van der Waals surface area contributed by atoms with Gasteiger partial charge < -0.3 is 14.5 Å². The van der Waals surface area contributed by atoms with Crippen molar-refractivity contribution < 1.29 is 23.9 Å². The average Bonchev–Trinajstić information content (AvgIpc) is 3.15. The molecule has 1 atom stereocenters. The molecule has 2 rings (SSSR count). The third kappa shape index (κ3) is 3.56. The molecule has 1 N–H and O–H groups in total. The number of thiophene rings is 1. The van der Waals surface area contributed by atoms with E-state index in [9.17, 15) is 14.4 Å². The molecule has 0 aromatic carbocycles. The Kier molecular flexibility index (Phi) is 5.56. The number of aryl methyl sites for hydroxylation is 1. The molecule has 0 bridgehead atoms. The van der Waals surface area contributed by atoms with Gasteiger partial charge in [0, 0.05) is 5.69 Å². The average molecular weight is 349 g/mol. The van der Waals surface area contributed by atoms with Crippen molar-refractivity contribution in [3.8, 4) is 0 Å². The lowest BCUT2D eigenvalue weighted by Crippen LogP contribution is -2.25. The fraction of sp³-hybridized carbons (Fsp3) is 0.353. The minimum atomic E-state index is -0.966. The highest BCUT2D eigenvalue weighted by atomic mass is 32.1. The van der Waals surface area contributed by atoms with Crippen LogP contribution in [0.3, 0.4) is 0 Å². The van der Waals surface area contributed by atoms with E-state index in [1.807, 2.05) is 0 Å². The van der Waals surface area contributed by atoms with Gasteiger partial charge in [0.1, 0.15) is 4.88 Å². The first kappa shape index (κ1) is 17.9. The molecule has 0 radical (unpaired) electrons. The molecule has 128 valence electrons. The molecule has 2 heterocycles. The molecule has 0 saturated heterocycles. The number of ketones is 1. The minimum Gasteiger partial charge on any atom is -0.462 e. The van der Waals surface area contributed by atoms with Crippen LogP contribution in [-0.2, 0) is 9.47 Å². The number of H-pyrrole nitrogens is 1. The SMILES string of the molecule is CCOC(=O)c1c(C)[nH]c(C(=O)[C@@H](C)OC(=O)c2cccs2)c1C. The molecule has 6 nitrogen and oxygen atoms in total. The van der Waals surface area contributed by atoms with Crippen molar-refractivity contribution in [1.82, 2.24) is 4.98 Å². The molecule has 0 spiro atoms. The van der Waals surface area contributed by atoms with Crippen molar-refractivity contribution in [2.75, 3.05) is 6.61 Å². The molecule has 2 aromatic heterocycles. The number of hydrogen-bond donors (Lipinski definition) is 1. The Hall–Kier alpha value is -2.41. The molecule has 2 aromatic rings. The first-order valence-electron chi connectivity index (χ1n) is 7.51. The van der Waals surface area contributed by atoms with Crippen LogP contribution in [0.15, 0.2) is 17.5 Å². The molecule has 0 aliphatic rings. The van der Waals surface area contributed by atoms with Crippen LogP contribution in [0.1, 0.15) is 55.6 Å². The predicted molar refractivity (Wildman–Crippen MR) is 89.8 cm³/mol. The number of aromatic amines is 1. The molecule has 0 fully saturated rings. The summed E-state index contributed by atoms with van der Waals surface area (Å²) in [6, 6.07) is 3.37. The summed E-state index contributed by atoms with van der Waals surface area (Å²) in [7, 11) is 0. The van der Waals surface area contributed by atoms with E-state index < -0.39 is 23.8 Å². The van der Waals surface area contributed by atoms with Crippen LogP contribution in [0, 0.1) is 13.8 Å². The van der Waals surface area contributed by atoms with Crippen LogP contribution in [0.4, 0.5) is 0 Å². The summed E-state index contributed by atoms with van der Waals surface area (Å²) in [6.45, 7) is 6.83. The summed E-state index contributed by atoms with van der Waals surface area (Å²) in [5.41, 5.74) is 1.64. The van der Waals surface area contributed by atoms with Gasteiger partial charge >= 0.3 is 11.9 Å². The zero-order valence-corrected chi connectivity index (χ0v) is 14.8. The zero-order valence-electron chi connectivity index (χ0n) is 14.0. The van der Waals surface area contributed by atoms with Gasteiger partial charge in [-0.15, -0.1) is 11.3 Å². The molecule has 0 saturated carbocycles. The Bertz CT molecular complexity index is 760. The second kappa shape index (κ2) is 7.44. The van der Waals surface area contributed by atoms with Crippen molar-refractivity contribution in [1.29, 1.82) is 0 Å². The number of nitrogens with one attached hydrogen (secondary N) is 1. The Morgan fingerprint density at radius 3 is 2.54 bits per heavy atom. The van der Waals surface area contributed by atoms with Crippen LogP contribution < -0.4 is 0 Å². The van der Waals surface area contributed by atoms with Crippen molar-refractivity contribution in [3.63, 3.8) is 0 Å². The van der Waals surface area contributed by atoms with E-state index in [2.05, 4.69) is 4.98 Å². The molecule has 0 aliphatic heterocycles. The Balaban J connectivity index is 2.19. The van der Waals surface area contributed by atoms with E-state index in [1.54, 1.807) is 38.3 Å². The highest BCUT2D eigenvalue weighted by Gasteiger charge is 2.27. The van der Waals surface area contributed by atoms with E-state index >= 15 is 0 Å². The summed E-state index contributed by atoms with van der Waals surface area (Å²) in [4.78, 5) is 39.8. The van der Waals surface area contributed by atoms with Crippen LogP contribution in [0.25, 0.3) is 0 Å². The fourth-order valence-corrected chi connectivity index (χ4v) is 2.98. The summed E-state index contributed by atoms with van der Waals surface area (Å²) < 4.78 is 10.2. The highest BCUT2D eigenvalue weighted by molar-refractivity contribution is 7.11. The monoisotopic (exact) mass is 349 g/mol. The third-order valence-corrected chi connectivity index (χ3v) is 4.39. The minimum absolute atomic E-state index is 0.251. The Labute approximate surface area is 143 Å². The quantitative estimate of drug-likeness (QED) is 0.639. The Morgan fingerprint density at radius 1 is 1.25 bits per heavy atom. The number of ether oxygens (including phenoxy) is 2. The second-order valence-corrected chi connectivity index (χ2v) is 6.18. The van der Waals surface area contributed by atoms with Crippen molar-refractivity contribution in [2.24, 2.45) is 0 Å². The first-order chi connectivity index (χ1) is 11.4. The standard InChI is InChI=1S/C17H19NO5S/c1-5-22-17(21)13-9(2)14(18-10(13)3)15(19)11(4)23-16(20)12-7-6-8-24-12/h6-8,11,18H,5H2,1-4H3/t11-/m1/s1. The number of carbonyl (C=O) groups excluding carboxylic acids is 3. The maximum atomic E-state index is 12.6.